The molecule has 2 aromatic heterocycles. The third kappa shape index (κ3) is 6.01. The first-order valence-corrected chi connectivity index (χ1v) is 23.6. The first kappa shape index (κ1) is 38.5. The molecule has 13 rings (SSSR count). The van der Waals surface area contributed by atoms with Crippen LogP contribution in [0.5, 0.6) is 0 Å². The van der Waals surface area contributed by atoms with E-state index in [0.29, 0.717) is 0 Å². The molecule has 0 unspecified atom stereocenters. The number of aromatic nitrogens is 1. The van der Waals surface area contributed by atoms with Crippen molar-refractivity contribution in [3.05, 3.63) is 242 Å². The molecule has 0 saturated heterocycles. The summed E-state index contributed by atoms with van der Waals surface area (Å²) in [5.74, 6) is 0. The first-order valence-electron chi connectivity index (χ1n) is 22.8. The zero-order valence-electron chi connectivity index (χ0n) is 36.7. The maximum atomic E-state index is 2.50. The van der Waals surface area contributed by atoms with E-state index in [1.807, 2.05) is 11.3 Å². The number of benzene rings is 10. The van der Waals surface area contributed by atoms with Crippen molar-refractivity contribution < 1.29 is 0 Å². The normalized spacial score (nSPS) is 12.8. The van der Waals surface area contributed by atoms with Crippen LogP contribution in [0.1, 0.15) is 25.0 Å². The lowest BCUT2D eigenvalue weighted by Gasteiger charge is -2.28. The Balaban J connectivity index is 1.02. The fourth-order valence-electron chi connectivity index (χ4n) is 10.8. The van der Waals surface area contributed by atoms with Gasteiger partial charge in [-0.15, -0.1) is 11.3 Å². The van der Waals surface area contributed by atoms with E-state index in [0.717, 1.165) is 22.7 Å². The summed E-state index contributed by atoms with van der Waals surface area (Å²) in [4.78, 5) is 2.45. The fourth-order valence-corrected chi connectivity index (χ4v) is 12.0. The van der Waals surface area contributed by atoms with Crippen molar-refractivity contribution in [3.63, 3.8) is 0 Å². The maximum Gasteiger partial charge on any atom is 0.0634 e. The molecule has 2 heterocycles. The summed E-state index contributed by atoms with van der Waals surface area (Å²) in [6.45, 7) is 4.73. The second kappa shape index (κ2) is 15.1. The van der Waals surface area contributed by atoms with Crippen molar-refractivity contribution >= 4 is 70.4 Å². The lowest BCUT2D eigenvalue weighted by Crippen LogP contribution is -2.16. The number of para-hydroxylation sites is 1. The van der Waals surface area contributed by atoms with Crippen molar-refractivity contribution in [1.82, 2.24) is 4.57 Å². The van der Waals surface area contributed by atoms with Gasteiger partial charge in [-0.2, -0.15) is 0 Å². The number of fused-ring (bicyclic) bond motifs is 10. The van der Waals surface area contributed by atoms with Crippen molar-refractivity contribution in [2.75, 3.05) is 4.90 Å². The Hall–Kier alpha value is -7.98. The van der Waals surface area contributed by atoms with Gasteiger partial charge in [-0.1, -0.05) is 178 Å². The number of rotatable bonds is 7. The third-order valence-corrected chi connectivity index (χ3v) is 15.2. The molecule has 0 fully saturated rings. The summed E-state index contributed by atoms with van der Waals surface area (Å²) in [5.41, 5.74) is 19.5. The molecule has 2 nitrogen and oxygen atoms in total. The third-order valence-electron chi connectivity index (χ3n) is 14.0. The summed E-state index contributed by atoms with van der Waals surface area (Å²) < 4.78 is 5.08. The van der Waals surface area contributed by atoms with Crippen molar-refractivity contribution in [2.45, 2.75) is 19.3 Å². The van der Waals surface area contributed by atoms with Gasteiger partial charge in [0.2, 0.25) is 0 Å². The minimum Gasteiger partial charge on any atom is -0.310 e. The van der Waals surface area contributed by atoms with Crippen LogP contribution in [-0.4, -0.2) is 4.57 Å². The van der Waals surface area contributed by atoms with E-state index in [-0.39, 0.29) is 5.41 Å². The second-order valence-corrected chi connectivity index (χ2v) is 19.1. The molecule has 12 aromatic rings. The largest absolute Gasteiger partial charge is 0.310 e. The highest BCUT2D eigenvalue weighted by molar-refractivity contribution is 7.26. The minimum atomic E-state index is -0.127. The summed E-state index contributed by atoms with van der Waals surface area (Å²) in [5, 5.41) is 5.08. The van der Waals surface area contributed by atoms with Gasteiger partial charge in [-0.3, -0.25) is 0 Å². The molecule has 66 heavy (non-hydrogen) atoms. The molecule has 0 saturated carbocycles. The lowest BCUT2D eigenvalue weighted by molar-refractivity contribution is 0.660. The van der Waals surface area contributed by atoms with Crippen molar-refractivity contribution in [2.24, 2.45) is 0 Å². The van der Waals surface area contributed by atoms with Crippen LogP contribution in [0.25, 0.3) is 92.2 Å². The summed E-state index contributed by atoms with van der Waals surface area (Å²) in [7, 11) is 0. The number of thiophene rings is 1. The smallest absolute Gasteiger partial charge is 0.0634 e. The van der Waals surface area contributed by atoms with Gasteiger partial charge in [0, 0.05) is 64.7 Å². The highest BCUT2D eigenvalue weighted by Gasteiger charge is 2.36. The SMILES string of the molecule is CC1(C)c2ccccc2-c2ccc(N(c3ccc(-c4ccccc4)cc3)c3cccc(-c4cc5c6ccccc6n(-c6ccc(-c7ccccc7)cc6)c5c5c4sc4ccccc45)c3)cc21. The Kier molecular flexibility index (Phi) is 8.78. The van der Waals surface area contributed by atoms with E-state index in [1.165, 1.54) is 97.6 Å². The van der Waals surface area contributed by atoms with E-state index < -0.39 is 0 Å². The van der Waals surface area contributed by atoms with Crippen molar-refractivity contribution in [3.8, 4) is 50.2 Å². The molecule has 0 radical (unpaired) electrons. The van der Waals surface area contributed by atoms with Gasteiger partial charge in [-0.25, -0.2) is 0 Å². The van der Waals surface area contributed by atoms with Crippen LogP contribution < -0.4 is 4.90 Å². The zero-order valence-corrected chi connectivity index (χ0v) is 37.6. The van der Waals surface area contributed by atoms with E-state index in [2.05, 4.69) is 254 Å². The first-order chi connectivity index (χ1) is 32.5. The summed E-state index contributed by atoms with van der Waals surface area (Å²) in [6.07, 6.45) is 0. The van der Waals surface area contributed by atoms with Gasteiger partial charge in [0.25, 0.3) is 0 Å². The molecule has 0 aliphatic heterocycles. The Bertz CT molecular complexity index is 3820. The molecule has 0 N–H and O–H groups in total. The predicted molar refractivity (Wildman–Crippen MR) is 282 cm³/mol. The van der Waals surface area contributed by atoms with Gasteiger partial charge in [-0.05, 0) is 117 Å². The Morgan fingerprint density at radius 1 is 0.394 bits per heavy atom. The average Bonchev–Trinajstić information content (AvgIpc) is 4.00. The van der Waals surface area contributed by atoms with Gasteiger partial charge in [0.1, 0.15) is 0 Å². The quantitative estimate of drug-likeness (QED) is 0.155. The van der Waals surface area contributed by atoms with Crippen LogP contribution in [0.4, 0.5) is 17.1 Å². The monoisotopic (exact) mass is 860 g/mol. The molecule has 0 atom stereocenters. The predicted octanol–water partition coefficient (Wildman–Crippen LogP) is 17.9. The van der Waals surface area contributed by atoms with Crippen LogP contribution >= 0.6 is 11.3 Å². The van der Waals surface area contributed by atoms with Gasteiger partial charge >= 0.3 is 0 Å². The van der Waals surface area contributed by atoms with E-state index in [1.54, 1.807) is 0 Å². The number of nitrogens with zero attached hydrogens (tertiary/aromatic N) is 2. The van der Waals surface area contributed by atoms with Gasteiger partial charge in [0.05, 0.1) is 11.0 Å². The molecule has 312 valence electrons. The molecule has 10 aromatic carbocycles. The summed E-state index contributed by atoms with van der Waals surface area (Å²) in [6, 6.07) is 85.0. The second-order valence-electron chi connectivity index (χ2n) is 18.1. The van der Waals surface area contributed by atoms with E-state index in [4.69, 9.17) is 0 Å². The number of hydrogen-bond donors (Lipinski definition) is 0. The Morgan fingerprint density at radius 3 is 1.73 bits per heavy atom. The molecule has 0 amide bonds. The maximum absolute atomic E-state index is 2.50. The minimum absolute atomic E-state index is 0.127. The van der Waals surface area contributed by atoms with Crippen LogP contribution in [0.3, 0.4) is 0 Å². The summed E-state index contributed by atoms with van der Waals surface area (Å²) >= 11 is 1.90. The topological polar surface area (TPSA) is 8.17 Å². The van der Waals surface area contributed by atoms with Gasteiger partial charge < -0.3 is 9.47 Å². The van der Waals surface area contributed by atoms with Crippen LogP contribution in [0, 0.1) is 0 Å². The fraction of sp³-hybridized carbons (Fsp3) is 0.0476. The molecular weight excluding hydrogens is 817 g/mol. The molecule has 0 bridgehead atoms. The zero-order chi connectivity index (χ0) is 43.9. The Morgan fingerprint density at radius 2 is 0.970 bits per heavy atom. The standard InChI is InChI=1S/C63H44N2S/c1-63(2)56-25-12-9-22-50(56)51-37-36-49(39-57(51)63)64(46-32-28-43(29-33-46)41-16-5-3-6-17-41)48-21-15-20-45(38-48)54-40-55-52-23-10-13-26-58(52)65(47-34-30-44(31-35-47)42-18-7-4-8-19-42)61(55)60-53-24-11-14-27-59(53)66-62(54)60/h3-40H,1-2H3. The van der Waals surface area contributed by atoms with Crippen LogP contribution in [-0.2, 0) is 5.41 Å². The van der Waals surface area contributed by atoms with Crippen molar-refractivity contribution in [1.29, 1.82) is 0 Å². The Labute approximate surface area is 388 Å². The molecule has 1 aliphatic rings. The average molecular weight is 861 g/mol. The van der Waals surface area contributed by atoms with E-state index in [9.17, 15) is 0 Å². The van der Waals surface area contributed by atoms with Crippen LogP contribution in [0.2, 0.25) is 0 Å². The lowest BCUT2D eigenvalue weighted by atomic mass is 9.82. The van der Waals surface area contributed by atoms with Crippen LogP contribution in [0.15, 0.2) is 231 Å². The molecular formula is C63H44N2S. The molecule has 0 spiro atoms. The molecule has 1 aliphatic carbocycles. The van der Waals surface area contributed by atoms with Gasteiger partial charge in [0.15, 0.2) is 0 Å². The highest BCUT2D eigenvalue weighted by atomic mass is 32.1. The molecule has 3 heteroatoms. The highest BCUT2D eigenvalue weighted by Crippen LogP contribution is 2.52. The van der Waals surface area contributed by atoms with E-state index >= 15 is 0 Å². The number of anilines is 3. The number of hydrogen-bond acceptors (Lipinski definition) is 2.